The monoisotopic (exact) mass is 669 g/mol. The molecule has 0 aromatic heterocycles. The van der Waals surface area contributed by atoms with Gasteiger partial charge in [-0.3, -0.25) is 0 Å². The highest BCUT2D eigenvalue weighted by molar-refractivity contribution is 9.12. The van der Waals surface area contributed by atoms with Crippen LogP contribution in [0.15, 0.2) is 56.0 Å². The maximum atomic E-state index is 9.50. The number of hydrogen-bond donors (Lipinski definition) is 0. The van der Waals surface area contributed by atoms with Crippen LogP contribution in [0.2, 0.25) is 5.02 Å². The van der Waals surface area contributed by atoms with Gasteiger partial charge in [0.15, 0.2) is 0 Å². The molecule has 1 aromatic carbocycles. The zero-order chi connectivity index (χ0) is 29.3. The van der Waals surface area contributed by atoms with Gasteiger partial charge in [-0.1, -0.05) is 116 Å². The van der Waals surface area contributed by atoms with Crippen LogP contribution < -0.4 is 0 Å². The molecule has 1 aliphatic heterocycles. The first-order valence-corrected chi connectivity index (χ1v) is 16.3. The number of rotatable bonds is 4. The number of likely N-dealkylation sites (tertiary alicyclic amines) is 1. The number of fused-ring (bicyclic) bond motifs is 1. The molecule has 1 aliphatic carbocycles. The Balaban J connectivity index is 0.00000134. The molecular formula is C33H50Br2ClNO. The summed E-state index contributed by atoms with van der Waals surface area (Å²) in [5.74, 6) is 0.204. The highest BCUT2D eigenvalue weighted by Gasteiger charge is 2.27. The van der Waals surface area contributed by atoms with E-state index in [1.54, 1.807) is 5.57 Å². The molecule has 2 nitrogen and oxygen atoms in total. The van der Waals surface area contributed by atoms with Crippen LogP contribution in [0.3, 0.4) is 0 Å². The smallest absolute Gasteiger partial charge is 0.122 e. The largest absolute Gasteiger partial charge is 0.306 e. The molecule has 1 saturated heterocycles. The fourth-order valence-corrected chi connectivity index (χ4v) is 5.58. The molecule has 214 valence electrons. The van der Waals surface area contributed by atoms with Gasteiger partial charge in [0.25, 0.3) is 0 Å². The summed E-state index contributed by atoms with van der Waals surface area (Å²) >= 11 is 14.0. The molecule has 1 aromatic rings. The molecule has 5 heteroatoms. The van der Waals surface area contributed by atoms with E-state index < -0.39 is 0 Å². The Labute approximate surface area is 255 Å². The number of aryl methyl sites for hydroxylation is 1. The molecule has 2 aliphatic rings. The standard InChI is InChI=1S/C25H30Br2ClN.C4H8O.2C2H6/c1-4-6-7-22-18(14-20(26)5-2)8-9-19-15-21(28)16-23(27)25(19)24(22)17-10-12-29(3)13-11-17;1-4(2)3-5;2*1-2/h5,7,14-16H,4,6,8-13H2,1-3H3;3-4H,1-2H3;2*1-2H3/b18-14-,20-5+,22-7-;;;. The summed E-state index contributed by atoms with van der Waals surface area (Å²) in [6.45, 7) is 18.3. The molecule has 1 fully saturated rings. The van der Waals surface area contributed by atoms with E-state index in [1.807, 2.05) is 41.5 Å². The Bertz CT molecular complexity index is 979. The van der Waals surface area contributed by atoms with Crippen molar-refractivity contribution in [2.75, 3.05) is 20.1 Å². The molecular weight excluding hydrogens is 622 g/mol. The Morgan fingerprint density at radius 2 is 1.66 bits per heavy atom. The van der Waals surface area contributed by atoms with Crippen molar-refractivity contribution < 1.29 is 4.79 Å². The number of allylic oxidation sites excluding steroid dienone is 7. The van der Waals surface area contributed by atoms with Crippen LogP contribution in [-0.2, 0) is 11.2 Å². The Morgan fingerprint density at radius 3 is 2.16 bits per heavy atom. The predicted molar refractivity (Wildman–Crippen MR) is 178 cm³/mol. The molecule has 0 radical (unpaired) electrons. The van der Waals surface area contributed by atoms with Crippen molar-refractivity contribution in [3.05, 3.63) is 72.2 Å². The third kappa shape index (κ3) is 12.1. The van der Waals surface area contributed by atoms with Crippen molar-refractivity contribution in [2.45, 2.75) is 93.9 Å². The number of aldehydes is 1. The van der Waals surface area contributed by atoms with Crippen LogP contribution in [0.5, 0.6) is 0 Å². The lowest BCUT2D eigenvalue weighted by molar-refractivity contribution is -0.110. The number of carbonyl (C=O) groups is 1. The maximum Gasteiger partial charge on any atom is 0.122 e. The van der Waals surface area contributed by atoms with Crippen LogP contribution in [0.4, 0.5) is 0 Å². The second-order valence-corrected chi connectivity index (χ2v) is 11.5. The van der Waals surface area contributed by atoms with Crippen LogP contribution in [0, 0.1) is 5.92 Å². The predicted octanol–water partition coefficient (Wildman–Crippen LogP) is 11.4. The average molecular weight is 672 g/mol. The minimum Gasteiger partial charge on any atom is -0.306 e. The van der Waals surface area contributed by atoms with Crippen molar-refractivity contribution >= 4 is 55.3 Å². The molecule has 3 rings (SSSR count). The minimum atomic E-state index is 0.204. The van der Waals surface area contributed by atoms with Crippen molar-refractivity contribution in [3.63, 3.8) is 0 Å². The van der Waals surface area contributed by atoms with Gasteiger partial charge in [-0.05, 0) is 92.1 Å². The van der Waals surface area contributed by atoms with Gasteiger partial charge < -0.3 is 9.69 Å². The summed E-state index contributed by atoms with van der Waals surface area (Å²) in [7, 11) is 2.22. The molecule has 38 heavy (non-hydrogen) atoms. The third-order valence-electron chi connectivity index (χ3n) is 6.11. The molecule has 1 heterocycles. The number of halogens is 3. The molecule has 0 saturated carbocycles. The maximum absolute atomic E-state index is 9.50. The highest BCUT2D eigenvalue weighted by Crippen LogP contribution is 2.45. The zero-order valence-corrected chi connectivity index (χ0v) is 29.1. The highest BCUT2D eigenvalue weighted by atomic mass is 79.9. The van der Waals surface area contributed by atoms with Crippen LogP contribution in [0.25, 0.3) is 5.57 Å². The van der Waals surface area contributed by atoms with Gasteiger partial charge in [0.05, 0.1) is 0 Å². The van der Waals surface area contributed by atoms with Gasteiger partial charge in [0.2, 0.25) is 0 Å². The van der Waals surface area contributed by atoms with Crippen molar-refractivity contribution in [3.8, 4) is 0 Å². The summed E-state index contributed by atoms with van der Waals surface area (Å²) in [5.41, 5.74) is 8.59. The van der Waals surface area contributed by atoms with Gasteiger partial charge in [0.1, 0.15) is 6.29 Å². The quantitative estimate of drug-likeness (QED) is 0.235. The second-order valence-electron chi connectivity index (χ2n) is 9.33. The first kappa shape index (κ1) is 37.1. The second kappa shape index (κ2) is 20.9. The summed E-state index contributed by atoms with van der Waals surface area (Å²) < 4.78 is 2.26. The molecule has 0 atom stereocenters. The first-order valence-electron chi connectivity index (χ1n) is 14.3. The van der Waals surface area contributed by atoms with E-state index in [9.17, 15) is 4.79 Å². The Morgan fingerprint density at radius 1 is 1.08 bits per heavy atom. The van der Waals surface area contributed by atoms with E-state index in [2.05, 4.69) is 88.0 Å². The van der Waals surface area contributed by atoms with Crippen LogP contribution in [0.1, 0.15) is 98.6 Å². The summed E-state index contributed by atoms with van der Waals surface area (Å²) in [5, 5.41) is 0.810. The van der Waals surface area contributed by atoms with Gasteiger partial charge in [0, 0.05) is 33.0 Å². The topological polar surface area (TPSA) is 20.3 Å². The molecule has 0 unspecified atom stereocenters. The van der Waals surface area contributed by atoms with Gasteiger partial charge in [-0.15, -0.1) is 0 Å². The number of unbranched alkanes of at least 4 members (excludes halogenated alkanes) is 1. The van der Waals surface area contributed by atoms with Crippen LogP contribution in [-0.4, -0.2) is 31.3 Å². The number of hydrogen-bond acceptors (Lipinski definition) is 2. The van der Waals surface area contributed by atoms with Gasteiger partial charge in [-0.2, -0.15) is 0 Å². The average Bonchev–Trinajstić information content (AvgIpc) is 3.07. The van der Waals surface area contributed by atoms with Crippen LogP contribution >= 0.6 is 43.5 Å². The number of piperidine rings is 1. The van der Waals surface area contributed by atoms with Gasteiger partial charge >= 0.3 is 0 Å². The van der Waals surface area contributed by atoms with E-state index >= 15 is 0 Å². The van der Waals surface area contributed by atoms with Gasteiger partial charge in [-0.25, -0.2) is 0 Å². The zero-order valence-electron chi connectivity index (χ0n) is 25.2. The molecule has 0 spiro atoms. The summed E-state index contributed by atoms with van der Waals surface area (Å²) in [6, 6.07) is 4.23. The molecule has 0 amide bonds. The number of nitrogens with zero attached hydrogens (tertiary/aromatic N) is 1. The fourth-order valence-electron chi connectivity index (χ4n) is 4.23. The molecule has 0 bridgehead atoms. The number of carbonyl (C=O) groups excluding carboxylic acids is 1. The van der Waals surface area contributed by atoms with Crippen molar-refractivity contribution in [1.29, 1.82) is 0 Å². The minimum absolute atomic E-state index is 0.204. The van der Waals surface area contributed by atoms with Crippen molar-refractivity contribution in [2.24, 2.45) is 5.92 Å². The Hall–Kier alpha value is -0.940. The molecule has 0 N–H and O–H groups in total. The lowest BCUT2D eigenvalue weighted by Gasteiger charge is -2.28. The fraction of sp³-hybridized carbons (Fsp3) is 0.545. The van der Waals surface area contributed by atoms with E-state index in [4.69, 9.17) is 11.6 Å². The van der Waals surface area contributed by atoms with E-state index in [0.29, 0.717) is 0 Å². The normalized spacial score (nSPS) is 18.0. The van der Waals surface area contributed by atoms with Crippen molar-refractivity contribution in [1.82, 2.24) is 4.90 Å². The lowest BCUT2D eigenvalue weighted by Crippen LogP contribution is -2.27. The Kier molecular flexibility index (Phi) is 20.4. The SMILES string of the molecule is CC.CC.CC(C)C=O.C\C=C(Br)/C=C1/CCc2cc(Cl)cc(Br)c2C(=C2CCN(C)CC2)/C1=C\CCC. The van der Waals surface area contributed by atoms with E-state index in [0.717, 1.165) is 71.9 Å². The van der Waals surface area contributed by atoms with E-state index in [-0.39, 0.29) is 5.92 Å². The first-order chi connectivity index (χ1) is 18.2. The third-order valence-corrected chi connectivity index (χ3v) is 7.64. The number of benzene rings is 1. The summed E-state index contributed by atoms with van der Waals surface area (Å²) in [6.07, 6.45) is 14.4. The summed E-state index contributed by atoms with van der Waals surface area (Å²) in [4.78, 5) is 11.9. The lowest BCUT2D eigenvalue weighted by atomic mass is 9.84. The van der Waals surface area contributed by atoms with E-state index in [1.165, 1.54) is 27.8 Å².